The van der Waals surface area contributed by atoms with Crippen LogP contribution in [0.15, 0.2) is 0 Å². The van der Waals surface area contributed by atoms with Crippen LogP contribution in [0.1, 0.15) is 52.9 Å². The first-order valence-corrected chi connectivity index (χ1v) is 7.35. The Kier molecular flexibility index (Phi) is 5.93. The molecular weight excluding hydrogens is 226 g/mol. The molecule has 1 saturated carbocycles. The average Bonchev–Trinajstić information content (AvgIpc) is 2.36. The molecule has 18 heavy (non-hydrogen) atoms. The van der Waals surface area contributed by atoms with Gasteiger partial charge in [-0.2, -0.15) is 0 Å². The molecule has 0 spiro atoms. The number of carbonyl (C=O) groups is 1. The van der Waals surface area contributed by atoms with Gasteiger partial charge in [0.2, 0.25) is 0 Å². The number of carbonyl (C=O) groups excluding carboxylic acids is 1. The van der Waals surface area contributed by atoms with Crippen LogP contribution in [0.4, 0.5) is 4.79 Å². The molecule has 1 aliphatic carbocycles. The monoisotopic (exact) mass is 255 g/mol. The standard InChI is InChI=1S/C14H29N3O/c1-4-9-17(13(18)16-5-2)14(11-15)8-6-7-12(3)10-14/h12H,4-11,15H2,1-3H3,(H,16,18). The molecule has 106 valence electrons. The fourth-order valence-electron chi connectivity index (χ4n) is 3.20. The van der Waals surface area contributed by atoms with Crippen molar-refractivity contribution in [3.8, 4) is 0 Å². The van der Waals surface area contributed by atoms with Crippen LogP contribution in [0.2, 0.25) is 0 Å². The Morgan fingerprint density at radius 1 is 1.50 bits per heavy atom. The van der Waals surface area contributed by atoms with Gasteiger partial charge in [-0.3, -0.25) is 0 Å². The van der Waals surface area contributed by atoms with E-state index in [0.29, 0.717) is 19.0 Å². The van der Waals surface area contributed by atoms with E-state index in [1.54, 1.807) is 0 Å². The predicted octanol–water partition coefficient (Wildman–Crippen LogP) is 2.34. The van der Waals surface area contributed by atoms with Gasteiger partial charge < -0.3 is 16.0 Å². The number of hydrogen-bond donors (Lipinski definition) is 2. The molecule has 2 amide bonds. The van der Waals surface area contributed by atoms with Crippen LogP contribution in [-0.4, -0.2) is 36.1 Å². The van der Waals surface area contributed by atoms with Crippen molar-refractivity contribution >= 4 is 6.03 Å². The van der Waals surface area contributed by atoms with Gasteiger partial charge in [-0.05, 0) is 32.1 Å². The molecule has 0 radical (unpaired) electrons. The summed E-state index contributed by atoms with van der Waals surface area (Å²) in [5, 5.41) is 2.93. The van der Waals surface area contributed by atoms with Gasteiger partial charge in [-0.25, -0.2) is 4.79 Å². The average molecular weight is 255 g/mol. The lowest BCUT2D eigenvalue weighted by Crippen LogP contribution is -2.60. The first-order valence-electron chi connectivity index (χ1n) is 7.35. The fraction of sp³-hybridized carbons (Fsp3) is 0.929. The molecular formula is C14H29N3O. The van der Waals surface area contributed by atoms with Crippen molar-refractivity contribution in [2.24, 2.45) is 11.7 Å². The zero-order valence-electron chi connectivity index (χ0n) is 12.2. The van der Waals surface area contributed by atoms with Gasteiger partial charge in [-0.15, -0.1) is 0 Å². The quantitative estimate of drug-likeness (QED) is 0.792. The lowest BCUT2D eigenvalue weighted by Gasteiger charge is -2.47. The minimum Gasteiger partial charge on any atom is -0.338 e. The Morgan fingerprint density at radius 2 is 2.22 bits per heavy atom. The Labute approximate surface area is 111 Å². The van der Waals surface area contributed by atoms with Crippen molar-refractivity contribution in [1.82, 2.24) is 10.2 Å². The van der Waals surface area contributed by atoms with E-state index in [1.165, 1.54) is 12.8 Å². The number of amides is 2. The summed E-state index contributed by atoms with van der Waals surface area (Å²) in [6.07, 6.45) is 5.51. The third-order valence-electron chi connectivity index (χ3n) is 4.04. The van der Waals surface area contributed by atoms with Gasteiger partial charge in [0, 0.05) is 19.6 Å². The predicted molar refractivity (Wildman–Crippen MR) is 75.5 cm³/mol. The minimum atomic E-state index is -0.118. The molecule has 0 saturated heterocycles. The lowest BCUT2D eigenvalue weighted by atomic mass is 9.75. The molecule has 4 nitrogen and oxygen atoms in total. The van der Waals surface area contributed by atoms with Gasteiger partial charge in [0.15, 0.2) is 0 Å². The normalized spacial score (nSPS) is 27.9. The Morgan fingerprint density at radius 3 is 2.72 bits per heavy atom. The van der Waals surface area contributed by atoms with Gasteiger partial charge in [0.05, 0.1) is 5.54 Å². The van der Waals surface area contributed by atoms with E-state index in [-0.39, 0.29) is 11.6 Å². The van der Waals surface area contributed by atoms with E-state index in [4.69, 9.17) is 5.73 Å². The summed E-state index contributed by atoms with van der Waals surface area (Å²) in [6, 6.07) is 0.0545. The number of rotatable bonds is 5. The highest BCUT2D eigenvalue weighted by Gasteiger charge is 2.41. The molecule has 1 rings (SSSR count). The molecule has 4 heteroatoms. The van der Waals surface area contributed by atoms with Crippen molar-refractivity contribution in [3.05, 3.63) is 0 Å². The maximum atomic E-state index is 12.3. The summed E-state index contributed by atoms with van der Waals surface area (Å²) in [5.41, 5.74) is 5.93. The largest absolute Gasteiger partial charge is 0.338 e. The summed E-state index contributed by atoms with van der Waals surface area (Å²) in [5.74, 6) is 0.663. The highest BCUT2D eigenvalue weighted by molar-refractivity contribution is 5.75. The number of nitrogens with one attached hydrogen (secondary N) is 1. The molecule has 0 bridgehead atoms. The van der Waals surface area contributed by atoms with Crippen LogP contribution < -0.4 is 11.1 Å². The smallest absolute Gasteiger partial charge is 0.317 e. The highest BCUT2D eigenvalue weighted by atomic mass is 16.2. The lowest BCUT2D eigenvalue weighted by molar-refractivity contribution is 0.0661. The first-order chi connectivity index (χ1) is 8.59. The van der Waals surface area contributed by atoms with Crippen molar-refractivity contribution in [2.45, 2.75) is 58.4 Å². The van der Waals surface area contributed by atoms with Crippen molar-refractivity contribution in [1.29, 1.82) is 0 Å². The minimum absolute atomic E-state index is 0.0545. The molecule has 3 N–H and O–H groups in total. The van der Waals surface area contributed by atoms with Crippen molar-refractivity contribution < 1.29 is 4.79 Å². The number of urea groups is 1. The summed E-state index contributed by atoms with van der Waals surface area (Å²) < 4.78 is 0. The summed E-state index contributed by atoms with van der Waals surface area (Å²) >= 11 is 0. The highest BCUT2D eigenvalue weighted by Crippen LogP contribution is 2.36. The zero-order valence-corrected chi connectivity index (χ0v) is 12.2. The number of hydrogen-bond acceptors (Lipinski definition) is 2. The molecule has 1 aliphatic rings. The number of nitrogens with two attached hydrogens (primary N) is 1. The van der Waals surface area contributed by atoms with Gasteiger partial charge >= 0.3 is 6.03 Å². The maximum absolute atomic E-state index is 12.3. The van der Waals surface area contributed by atoms with Crippen LogP contribution in [0.25, 0.3) is 0 Å². The van der Waals surface area contributed by atoms with Crippen LogP contribution in [0, 0.1) is 5.92 Å². The summed E-state index contributed by atoms with van der Waals surface area (Å²) in [7, 11) is 0. The summed E-state index contributed by atoms with van der Waals surface area (Å²) in [6.45, 7) is 8.40. The Balaban J connectivity index is 2.87. The SMILES string of the molecule is CCCN(C(=O)NCC)C1(CN)CCCC(C)C1. The van der Waals surface area contributed by atoms with Crippen LogP contribution in [-0.2, 0) is 0 Å². The topological polar surface area (TPSA) is 58.4 Å². The zero-order chi connectivity index (χ0) is 13.6. The molecule has 2 atom stereocenters. The molecule has 0 aromatic carbocycles. The van der Waals surface area contributed by atoms with E-state index < -0.39 is 0 Å². The molecule has 0 aliphatic heterocycles. The first kappa shape index (κ1) is 15.3. The van der Waals surface area contributed by atoms with E-state index in [2.05, 4.69) is 19.2 Å². The van der Waals surface area contributed by atoms with Gasteiger partial charge in [0.1, 0.15) is 0 Å². The van der Waals surface area contributed by atoms with Gasteiger partial charge in [-0.1, -0.05) is 26.7 Å². The summed E-state index contributed by atoms with van der Waals surface area (Å²) in [4.78, 5) is 14.3. The molecule has 0 aromatic rings. The molecule has 0 heterocycles. The van der Waals surface area contributed by atoms with Crippen molar-refractivity contribution in [2.75, 3.05) is 19.6 Å². The van der Waals surface area contributed by atoms with E-state index in [9.17, 15) is 4.79 Å². The van der Waals surface area contributed by atoms with E-state index in [0.717, 1.165) is 25.8 Å². The van der Waals surface area contributed by atoms with E-state index >= 15 is 0 Å². The van der Waals surface area contributed by atoms with E-state index in [1.807, 2.05) is 11.8 Å². The second kappa shape index (κ2) is 6.98. The molecule has 0 aromatic heterocycles. The molecule has 2 unspecified atom stereocenters. The van der Waals surface area contributed by atoms with Crippen LogP contribution >= 0.6 is 0 Å². The second-order valence-corrected chi connectivity index (χ2v) is 5.62. The number of nitrogens with zero attached hydrogens (tertiary/aromatic N) is 1. The van der Waals surface area contributed by atoms with Gasteiger partial charge in [0.25, 0.3) is 0 Å². The van der Waals surface area contributed by atoms with Crippen LogP contribution in [0.3, 0.4) is 0 Å². The second-order valence-electron chi connectivity index (χ2n) is 5.62. The van der Waals surface area contributed by atoms with Crippen LogP contribution in [0.5, 0.6) is 0 Å². The fourth-order valence-corrected chi connectivity index (χ4v) is 3.20. The molecule has 1 fully saturated rings. The maximum Gasteiger partial charge on any atom is 0.317 e. The Hall–Kier alpha value is -0.770. The van der Waals surface area contributed by atoms with Crippen molar-refractivity contribution in [3.63, 3.8) is 0 Å². The third-order valence-corrected chi connectivity index (χ3v) is 4.04. The third kappa shape index (κ3) is 3.37. The Bertz CT molecular complexity index is 270.